The summed E-state index contributed by atoms with van der Waals surface area (Å²) in [5.74, 6) is 1.27. The number of amides is 1. The molecular weight excluding hydrogens is 308 g/mol. The number of carbonyl (C=O) groups is 1. The molecule has 0 aromatic heterocycles. The maximum Gasteiger partial charge on any atom is 0.251 e. The van der Waals surface area contributed by atoms with Crippen molar-refractivity contribution >= 4 is 12.1 Å². The molecule has 6 nitrogen and oxygen atoms in total. The molecule has 3 rings (SSSR count). The zero-order valence-corrected chi connectivity index (χ0v) is 13.3. The smallest absolute Gasteiger partial charge is 0.251 e. The molecule has 0 fully saturated rings. The molecule has 6 heteroatoms. The third-order valence-corrected chi connectivity index (χ3v) is 3.54. The Morgan fingerprint density at radius 2 is 2.00 bits per heavy atom. The predicted molar refractivity (Wildman–Crippen MR) is 89.7 cm³/mol. The molecule has 2 aromatic carbocycles. The van der Waals surface area contributed by atoms with Crippen LogP contribution in [0.2, 0.25) is 0 Å². The monoisotopic (exact) mass is 326 g/mol. The third-order valence-electron chi connectivity index (χ3n) is 3.54. The number of carbonyl (C=O) groups excluding carboxylic acids is 1. The second-order valence-electron chi connectivity index (χ2n) is 5.25. The molecule has 0 saturated heterocycles. The largest absolute Gasteiger partial charge is 0.486 e. The zero-order valence-electron chi connectivity index (χ0n) is 13.3. The van der Waals surface area contributed by atoms with E-state index in [0.717, 1.165) is 11.3 Å². The van der Waals surface area contributed by atoms with Crippen LogP contribution < -0.4 is 14.8 Å². The van der Waals surface area contributed by atoms with Crippen molar-refractivity contribution in [3.8, 4) is 11.5 Å². The summed E-state index contributed by atoms with van der Waals surface area (Å²) in [4.78, 5) is 16.8. The van der Waals surface area contributed by atoms with Crippen LogP contribution in [-0.2, 0) is 4.84 Å². The Morgan fingerprint density at radius 3 is 2.75 bits per heavy atom. The highest BCUT2D eigenvalue weighted by Crippen LogP contribution is 2.30. The maximum absolute atomic E-state index is 12.2. The lowest BCUT2D eigenvalue weighted by molar-refractivity contribution is 0.0789. The molecule has 0 bridgehead atoms. The van der Waals surface area contributed by atoms with Crippen LogP contribution in [-0.4, -0.2) is 38.5 Å². The van der Waals surface area contributed by atoms with E-state index in [1.807, 2.05) is 24.3 Å². The van der Waals surface area contributed by atoms with Crippen molar-refractivity contribution in [2.24, 2.45) is 5.16 Å². The van der Waals surface area contributed by atoms with Gasteiger partial charge in [-0.1, -0.05) is 29.4 Å². The highest BCUT2D eigenvalue weighted by atomic mass is 16.6. The standard InChI is InChI=1S/C18H18N2O4/c1-22-20-10-13-6-8-14(9-7-13)18(21)19-11-15-12-23-16-4-2-3-5-17(16)24-15/h2-10,15H,11-12H2,1H3,(H,19,21)/b20-10+. The van der Waals surface area contributed by atoms with Crippen LogP contribution in [0.15, 0.2) is 53.7 Å². The van der Waals surface area contributed by atoms with E-state index in [0.29, 0.717) is 24.5 Å². The van der Waals surface area contributed by atoms with Crippen LogP contribution in [0.5, 0.6) is 11.5 Å². The minimum atomic E-state index is -0.211. The summed E-state index contributed by atoms with van der Waals surface area (Å²) < 4.78 is 11.4. The van der Waals surface area contributed by atoms with Crippen molar-refractivity contribution in [1.82, 2.24) is 5.32 Å². The quantitative estimate of drug-likeness (QED) is 0.676. The number of hydrogen-bond donors (Lipinski definition) is 1. The Morgan fingerprint density at radius 1 is 1.25 bits per heavy atom. The summed E-state index contributed by atoms with van der Waals surface area (Å²) in [6.07, 6.45) is 1.36. The van der Waals surface area contributed by atoms with Gasteiger partial charge in [0.2, 0.25) is 0 Å². The molecule has 24 heavy (non-hydrogen) atoms. The first kappa shape index (κ1) is 15.9. The number of nitrogens with zero attached hydrogens (tertiary/aromatic N) is 1. The lowest BCUT2D eigenvalue weighted by Crippen LogP contribution is -2.40. The van der Waals surface area contributed by atoms with Crippen molar-refractivity contribution < 1.29 is 19.1 Å². The number of fused-ring (bicyclic) bond motifs is 1. The molecule has 1 N–H and O–H groups in total. The van der Waals surface area contributed by atoms with Gasteiger partial charge in [-0.2, -0.15) is 0 Å². The number of para-hydroxylation sites is 2. The minimum absolute atomic E-state index is 0.160. The van der Waals surface area contributed by atoms with E-state index in [2.05, 4.69) is 15.3 Å². The Balaban J connectivity index is 1.53. The van der Waals surface area contributed by atoms with Gasteiger partial charge in [0.05, 0.1) is 12.8 Å². The number of ether oxygens (including phenoxy) is 2. The Labute approximate surface area is 140 Å². The number of oxime groups is 1. The highest BCUT2D eigenvalue weighted by Gasteiger charge is 2.21. The number of benzene rings is 2. The van der Waals surface area contributed by atoms with Gasteiger partial charge in [0.1, 0.15) is 19.8 Å². The molecule has 0 radical (unpaired) electrons. The molecule has 1 aliphatic rings. The van der Waals surface area contributed by atoms with Crippen LogP contribution in [0, 0.1) is 0 Å². The first-order chi connectivity index (χ1) is 11.8. The molecule has 2 aromatic rings. The van der Waals surface area contributed by atoms with Crippen molar-refractivity contribution in [3.05, 3.63) is 59.7 Å². The fraction of sp³-hybridized carbons (Fsp3) is 0.222. The molecule has 1 aliphatic heterocycles. The van der Waals surface area contributed by atoms with Crippen molar-refractivity contribution in [3.63, 3.8) is 0 Å². The summed E-state index contributed by atoms with van der Waals surface area (Å²) in [5, 5.41) is 6.54. The molecule has 0 aliphatic carbocycles. The van der Waals surface area contributed by atoms with E-state index < -0.39 is 0 Å². The lowest BCUT2D eigenvalue weighted by atomic mass is 10.1. The van der Waals surface area contributed by atoms with E-state index in [9.17, 15) is 4.79 Å². The molecule has 1 unspecified atom stereocenters. The van der Waals surface area contributed by atoms with Crippen LogP contribution >= 0.6 is 0 Å². The van der Waals surface area contributed by atoms with E-state index in [1.165, 1.54) is 7.11 Å². The SMILES string of the molecule is CO/N=C/c1ccc(C(=O)NCC2COc3ccccc3O2)cc1. The van der Waals surface area contributed by atoms with E-state index in [4.69, 9.17) is 9.47 Å². The average molecular weight is 326 g/mol. The minimum Gasteiger partial charge on any atom is -0.486 e. The molecule has 0 saturated carbocycles. The number of nitrogens with one attached hydrogen (secondary N) is 1. The summed E-state index contributed by atoms with van der Waals surface area (Å²) in [5.41, 5.74) is 1.43. The molecular formula is C18H18N2O4. The van der Waals surface area contributed by atoms with Gasteiger partial charge in [0.15, 0.2) is 11.5 Å². The summed E-state index contributed by atoms with van der Waals surface area (Å²) in [6.45, 7) is 0.782. The molecule has 1 atom stereocenters. The van der Waals surface area contributed by atoms with Gasteiger partial charge in [0.25, 0.3) is 5.91 Å². The van der Waals surface area contributed by atoms with E-state index in [-0.39, 0.29) is 12.0 Å². The van der Waals surface area contributed by atoms with Crippen LogP contribution in [0.25, 0.3) is 0 Å². The second-order valence-corrected chi connectivity index (χ2v) is 5.25. The summed E-state index contributed by atoms with van der Waals surface area (Å²) in [6, 6.07) is 14.6. The van der Waals surface area contributed by atoms with Gasteiger partial charge in [-0.05, 0) is 29.8 Å². The normalized spacial score (nSPS) is 16.0. The zero-order chi connectivity index (χ0) is 16.8. The van der Waals surface area contributed by atoms with E-state index >= 15 is 0 Å². The van der Waals surface area contributed by atoms with Crippen molar-refractivity contribution in [1.29, 1.82) is 0 Å². The maximum atomic E-state index is 12.2. The van der Waals surface area contributed by atoms with Crippen molar-refractivity contribution in [2.45, 2.75) is 6.10 Å². The van der Waals surface area contributed by atoms with Gasteiger partial charge in [0, 0.05) is 5.56 Å². The van der Waals surface area contributed by atoms with Crippen LogP contribution in [0.1, 0.15) is 15.9 Å². The van der Waals surface area contributed by atoms with Gasteiger partial charge in [-0.3, -0.25) is 4.79 Å². The first-order valence-corrected chi connectivity index (χ1v) is 7.59. The van der Waals surface area contributed by atoms with Gasteiger partial charge in [-0.25, -0.2) is 0 Å². The van der Waals surface area contributed by atoms with Crippen LogP contribution in [0.3, 0.4) is 0 Å². The summed E-state index contributed by atoms with van der Waals surface area (Å²) in [7, 11) is 1.48. The molecule has 124 valence electrons. The van der Waals surface area contributed by atoms with E-state index in [1.54, 1.807) is 30.5 Å². The van der Waals surface area contributed by atoms with Gasteiger partial charge in [-0.15, -0.1) is 0 Å². The lowest BCUT2D eigenvalue weighted by Gasteiger charge is -2.26. The van der Waals surface area contributed by atoms with Gasteiger partial charge < -0.3 is 19.6 Å². The number of hydrogen-bond acceptors (Lipinski definition) is 5. The second kappa shape index (κ2) is 7.50. The molecule has 1 amide bonds. The molecule has 0 spiro atoms. The predicted octanol–water partition coefficient (Wildman–Crippen LogP) is 2.24. The third kappa shape index (κ3) is 3.84. The van der Waals surface area contributed by atoms with Crippen molar-refractivity contribution in [2.75, 3.05) is 20.3 Å². The fourth-order valence-corrected chi connectivity index (χ4v) is 2.31. The van der Waals surface area contributed by atoms with Gasteiger partial charge >= 0.3 is 0 Å². The Hall–Kier alpha value is -3.02. The molecule has 1 heterocycles. The average Bonchev–Trinajstić information content (AvgIpc) is 2.64. The summed E-state index contributed by atoms with van der Waals surface area (Å²) >= 11 is 0. The topological polar surface area (TPSA) is 69.2 Å². The highest BCUT2D eigenvalue weighted by molar-refractivity contribution is 5.95. The first-order valence-electron chi connectivity index (χ1n) is 7.59. The Bertz CT molecular complexity index is 728. The Kier molecular flexibility index (Phi) is 4.96. The fourth-order valence-electron chi connectivity index (χ4n) is 2.31. The number of rotatable bonds is 5. The van der Waals surface area contributed by atoms with Crippen LogP contribution in [0.4, 0.5) is 0 Å².